The number of nitrogens with two attached hydrogens (primary N) is 1. The molecular formula is C41H58N10O8. The summed E-state index contributed by atoms with van der Waals surface area (Å²) in [5.74, 6) is -7.77. The molecule has 1 aromatic carbocycles. The minimum atomic E-state index is -1.22. The highest BCUT2D eigenvalue weighted by Crippen LogP contribution is 2.36. The number of benzene rings is 1. The van der Waals surface area contributed by atoms with Gasteiger partial charge in [-0.05, 0) is 36.7 Å². The Labute approximate surface area is 344 Å². The molecule has 18 nitrogen and oxygen atoms in total. The number of nitrogens with zero attached hydrogens (tertiary/aromatic N) is 3. The van der Waals surface area contributed by atoms with Crippen molar-refractivity contribution >= 4 is 47.1 Å². The number of hydrogen-bond acceptors (Lipinski definition) is 11. The van der Waals surface area contributed by atoms with E-state index in [4.69, 9.17) is 5.73 Å². The highest BCUT2D eigenvalue weighted by molar-refractivity contribution is 6.38. The van der Waals surface area contributed by atoms with Crippen molar-refractivity contribution in [1.82, 2.24) is 46.8 Å². The Balaban J connectivity index is 1.39. The van der Waals surface area contributed by atoms with E-state index >= 15 is 0 Å². The molecule has 1 saturated carbocycles. The fourth-order valence-corrected chi connectivity index (χ4v) is 7.60. The van der Waals surface area contributed by atoms with Crippen molar-refractivity contribution in [3.05, 3.63) is 59.7 Å². The third-order valence-corrected chi connectivity index (χ3v) is 10.8. The highest BCUT2D eigenvalue weighted by Gasteiger charge is 2.41. The number of primary amides is 1. The van der Waals surface area contributed by atoms with E-state index in [9.17, 15) is 38.4 Å². The molecule has 0 radical (unpaired) electrons. The second kappa shape index (κ2) is 21.8. The van der Waals surface area contributed by atoms with Gasteiger partial charge in [0.1, 0.15) is 17.8 Å². The van der Waals surface area contributed by atoms with Crippen molar-refractivity contribution in [3.63, 3.8) is 0 Å². The quantitative estimate of drug-likeness (QED) is 0.0928. The van der Waals surface area contributed by atoms with Gasteiger partial charge in [0.15, 0.2) is 0 Å². The van der Waals surface area contributed by atoms with Crippen LogP contribution in [0.1, 0.15) is 99.4 Å². The number of carbonyl (C=O) groups excluding carboxylic acids is 8. The highest BCUT2D eigenvalue weighted by atomic mass is 16.2. The van der Waals surface area contributed by atoms with Crippen LogP contribution >= 0.6 is 0 Å². The molecule has 6 atom stereocenters. The molecule has 0 spiro atoms. The van der Waals surface area contributed by atoms with Gasteiger partial charge in [0.25, 0.3) is 11.8 Å². The van der Waals surface area contributed by atoms with Crippen molar-refractivity contribution in [2.24, 2.45) is 23.5 Å². The average Bonchev–Trinajstić information content (AvgIpc) is 3.69. The van der Waals surface area contributed by atoms with Crippen LogP contribution < -0.4 is 37.6 Å². The average molecular weight is 819 g/mol. The zero-order chi connectivity index (χ0) is 43.2. The molecule has 1 aliphatic carbocycles. The molecule has 2 aliphatic rings. The molecule has 2 heterocycles. The molecule has 0 bridgehead atoms. The van der Waals surface area contributed by atoms with Gasteiger partial charge in [-0.1, -0.05) is 76.8 Å². The van der Waals surface area contributed by atoms with Gasteiger partial charge in [0.05, 0.1) is 36.2 Å². The normalized spacial score (nSPS) is 18.7. The molecule has 7 amide bonds. The first-order valence-electron chi connectivity index (χ1n) is 20.2. The molecule has 59 heavy (non-hydrogen) atoms. The third-order valence-electron chi connectivity index (χ3n) is 10.8. The lowest BCUT2D eigenvalue weighted by Crippen LogP contribution is -2.57. The standard InChI is InChI=1S/C41H58N10O8/c1-6-13-27(35(53)40(58)46-22-29(52)49-32(41(59)51(4)5)25-16-11-8-12-17-25)47-37(55)26-20-43-21-28(26)48-39(57)31(23(2)3)50-38(56)30(24-14-9-7-10-15-24)33-34(36(42)54)45-19-18-44-33/h8,11-12,16-19,23-24,26-28,30-32,43H,6-7,9-10,13-15,20-22H2,1-5H3,(H2,42,54)(H,46,58)(H,47,55)(H,48,57)(H,49,52)(H,50,56)/t26-,27+,28+,30+,31+,32+/m1/s1. The minimum Gasteiger partial charge on any atom is -0.364 e. The Hall–Kier alpha value is -5.78. The summed E-state index contributed by atoms with van der Waals surface area (Å²) < 4.78 is 0. The summed E-state index contributed by atoms with van der Waals surface area (Å²) in [5, 5.41) is 16.5. The maximum absolute atomic E-state index is 14.1. The van der Waals surface area contributed by atoms with Gasteiger partial charge in [-0.15, -0.1) is 0 Å². The van der Waals surface area contributed by atoms with Gasteiger partial charge < -0.3 is 42.5 Å². The summed E-state index contributed by atoms with van der Waals surface area (Å²) >= 11 is 0. The molecule has 4 rings (SSSR count). The van der Waals surface area contributed by atoms with Crippen molar-refractivity contribution in [2.45, 2.75) is 95.8 Å². The number of rotatable bonds is 19. The van der Waals surface area contributed by atoms with Crippen molar-refractivity contribution in [2.75, 3.05) is 33.7 Å². The van der Waals surface area contributed by atoms with Crippen LogP contribution in [0, 0.1) is 17.8 Å². The number of Topliss-reactive ketones (excluding diaryl/α,β-unsaturated/α-hetero) is 1. The number of hydrogen-bond donors (Lipinski definition) is 7. The van der Waals surface area contributed by atoms with E-state index in [-0.39, 0.29) is 48.6 Å². The van der Waals surface area contributed by atoms with Crippen molar-refractivity contribution in [1.29, 1.82) is 0 Å². The third kappa shape index (κ3) is 12.4. The van der Waals surface area contributed by atoms with Crippen LogP contribution in [0.2, 0.25) is 0 Å². The van der Waals surface area contributed by atoms with E-state index in [1.165, 1.54) is 17.3 Å². The first-order valence-corrected chi connectivity index (χ1v) is 20.2. The van der Waals surface area contributed by atoms with Crippen LogP contribution in [-0.4, -0.2) is 114 Å². The second-order valence-electron chi connectivity index (χ2n) is 15.7. The fraction of sp³-hybridized carbons (Fsp3) is 0.561. The van der Waals surface area contributed by atoms with Crippen LogP contribution in [-0.2, 0) is 33.6 Å². The molecule has 2 aromatic rings. The fourth-order valence-electron chi connectivity index (χ4n) is 7.60. The van der Waals surface area contributed by atoms with Gasteiger partial charge in [0, 0.05) is 39.6 Å². The Morgan fingerprint density at radius 3 is 2.19 bits per heavy atom. The maximum Gasteiger partial charge on any atom is 0.290 e. The predicted molar refractivity (Wildman–Crippen MR) is 216 cm³/mol. The molecule has 1 aromatic heterocycles. The lowest BCUT2D eigenvalue weighted by Gasteiger charge is -2.32. The lowest BCUT2D eigenvalue weighted by atomic mass is 9.77. The monoisotopic (exact) mass is 818 g/mol. The van der Waals surface area contributed by atoms with E-state index in [0.29, 0.717) is 12.0 Å². The van der Waals surface area contributed by atoms with Crippen LogP contribution in [0.3, 0.4) is 0 Å². The number of carbonyl (C=O) groups is 8. The van der Waals surface area contributed by atoms with Crippen LogP contribution in [0.25, 0.3) is 0 Å². The number of nitrogens with one attached hydrogen (secondary N) is 6. The van der Waals surface area contributed by atoms with Crippen LogP contribution in [0.5, 0.6) is 0 Å². The first-order chi connectivity index (χ1) is 28.1. The topological polar surface area (TPSA) is 264 Å². The van der Waals surface area contributed by atoms with E-state index in [2.05, 4.69) is 41.9 Å². The van der Waals surface area contributed by atoms with Gasteiger partial charge in [-0.2, -0.15) is 0 Å². The lowest BCUT2D eigenvalue weighted by molar-refractivity contribution is -0.141. The SMILES string of the molecule is CCC[C@H](NC(=O)[C@@H]1CNC[C@@H]1NC(=O)[C@@H](NC(=O)[C@H](c1nccnc1C(N)=O)C1CCCCC1)C(C)C)C(=O)C(=O)NCC(=O)N[C@H](C(=O)N(C)C)c1ccccc1. The van der Waals surface area contributed by atoms with Crippen molar-refractivity contribution in [3.8, 4) is 0 Å². The van der Waals surface area contributed by atoms with Gasteiger partial charge >= 0.3 is 0 Å². The van der Waals surface area contributed by atoms with Crippen molar-refractivity contribution < 1.29 is 38.4 Å². The molecular weight excluding hydrogens is 761 g/mol. The molecule has 8 N–H and O–H groups in total. The Morgan fingerprint density at radius 1 is 0.881 bits per heavy atom. The number of aromatic nitrogens is 2. The first kappa shape index (κ1) is 45.9. The molecule has 2 fully saturated rings. The number of likely N-dealkylation sites (N-methyl/N-ethyl adjacent to an activating group) is 1. The molecule has 1 aliphatic heterocycles. The second-order valence-corrected chi connectivity index (χ2v) is 15.7. The summed E-state index contributed by atoms with van der Waals surface area (Å²) in [7, 11) is 3.10. The summed E-state index contributed by atoms with van der Waals surface area (Å²) in [6, 6.07) is 4.60. The van der Waals surface area contributed by atoms with Crippen LogP contribution in [0.4, 0.5) is 0 Å². The molecule has 320 valence electrons. The largest absolute Gasteiger partial charge is 0.364 e. The number of ketones is 1. The zero-order valence-electron chi connectivity index (χ0n) is 34.4. The summed E-state index contributed by atoms with van der Waals surface area (Å²) in [6.45, 7) is 5.11. The van der Waals surface area contributed by atoms with Crippen LogP contribution in [0.15, 0.2) is 42.7 Å². The summed E-state index contributed by atoms with van der Waals surface area (Å²) in [5.41, 5.74) is 6.23. The van der Waals surface area contributed by atoms with E-state index in [1.54, 1.807) is 65.2 Å². The predicted octanol–water partition coefficient (Wildman–Crippen LogP) is 0.000300. The van der Waals surface area contributed by atoms with Gasteiger partial charge in [0.2, 0.25) is 35.3 Å². The smallest absolute Gasteiger partial charge is 0.290 e. The van der Waals surface area contributed by atoms with Gasteiger partial charge in [-0.25, -0.2) is 4.98 Å². The minimum absolute atomic E-state index is 0.0947. The Kier molecular flexibility index (Phi) is 17.0. The summed E-state index contributed by atoms with van der Waals surface area (Å²) in [6.07, 6.45) is 7.57. The zero-order valence-corrected chi connectivity index (χ0v) is 34.4. The Bertz CT molecular complexity index is 1830. The number of amides is 7. The molecule has 0 unspecified atom stereocenters. The molecule has 1 saturated heterocycles. The maximum atomic E-state index is 14.1. The van der Waals surface area contributed by atoms with E-state index in [1.807, 2.05) is 0 Å². The van der Waals surface area contributed by atoms with E-state index < -0.39 is 83.8 Å². The van der Waals surface area contributed by atoms with E-state index in [0.717, 1.165) is 32.1 Å². The summed E-state index contributed by atoms with van der Waals surface area (Å²) in [4.78, 5) is 116. The molecule has 18 heteroatoms. The Morgan fingerprint density at radius 2 is 1.56 bits per heavy atom. The van der Waals surface area contributed by atoms with Gasteiger partial charge in [-0.3, -0.25) is 43.3 Å².